The predicted molar refractivity (Wildman–Crippen MR) is 71.0 cm³/mol. The van der Waals surface area contributed by atoms with E-state index in [9.17, 15) is 4.79 Å². The molecule has 4 nitrogen and oxygen atoms in total. The second-order valence-electron chi connectivity index (χ2n) is 5.00. The lowest BCUT2D eigenvalue weighted by Crippen LogP contribution is -2.58. The van der Waals surface area contributed by atoms with E-state index in [1.807, 2.05) is 6.92 Å². The van der Waals surface area contributed by atoms with Gasteiger partial charge in [-0.05, 0) is 19.3 Å². The molecule has 0 aromatic rings. The van der Waals surface area contributed by atoms with Crippen LogP contribution in [0.4, 0.5) is 0 Å². The molecule has 2 unspecified atom stereocenters. The Morgan fingerprint density at radius 2 is 2.29 bits per heavy atom. The number of amides is 1. The molecule has 0 radical (unpaired) electrons. The Balaban J connectivity index is 2.50. The van der Waals surface area contributed by atoms with Gasteiger partial charge in [0.25, 0.3) is 0 Å². The monoisotopic (exact) mass is 241 g/mol. The molecule has 0 saturated carbocycles. The van der Waals surface area contributed by atoms with Gasteiger partial charge in [-0.3, -0.25) is 9.69 Å². The van der Waals surface area contributed by atoms with Gasteiger partial charge in [0.1, 0.15) is 6.04 Å². The molecule has 1 aliphatic rings. The molecule has 1 aliphatic heterocycles. The molecule has 1 heterocycles. The number of rotatable bonds is 6. The van der Waals surface area contributed by atoms with E-state index in [1.54, 1.807) is 0 Å². The van der Waals surface area contributed by atoms with E-state index in [0.29, 0.717) is 12.5 Å². The maximum atomic E-state index is 12.0. The first-order chi connectivity index (χ1) is 8.19. The van der Waals surface area contributed by atoms with Crippen LogP contribution in [0.25, 0.3) is 0 Å². The number of carbonyl (C=O) groups excluding carboxylic acids is 1. The molecule has 0 spiro atoms. The average molecular weight is 241 g/mol. The van der Waals surface area contributed by atoms with Gasteiger partial charge in [0.15, 0.2) is 0 Å². The molecule has 0 aromatic heterocycles. The Morgan fingerprint density at radius 3 is 2.94 bits per heavy atom. The van der Waals surface area contributed by atoms with Crippen molar-refractivity contribution in [2.75, 3.05) is 32.7 Å². The summed E-state index contributed by atoms with van der Waals surface area (Å²) >= 11 is 0. The Kier molecular flexibility index (Phi) is 6.52. The largest absolute Gasteiger partial charge is 0.355 e. The van der Waals surface area contributed by atoms with Crippen LogP contribution in [0.1, 0.15) is 33.6 Å². The SMILES string of the molecule is CCCC(C)CN1CCNCC1C(=O)NCC. The number of hydrogen-bond donors (Lipinski definition) is 2. The Labute approximate surface area is 105 Å². The molecule has 4 heteroatoms. The number of hydrogen-bond acceptors (Lipinski definition) is 3. The van der Waals surface area contributed by atoms with Gasteiger partial charge in [0.05, 0.1) is 0 Å². The Bertz CT molecular complexity index is 233. The lowest BCUT2D eigenvalue weighted by molar-refractivity contribution is -0.127. The summed E-state index contributed by atoms with van der Waals surface area (Å²) in [5, 5.41) is 6.24. The molecule has 100 valence electrons. The lowest BCUT2D eigenvalue weighted by Gasteiger charge is -2.36. The molecule has 0 aliphatic carbocycles. The van der Waals surface area contributed by atoms with Crippen molar-refractivity contribution in [3.63, 3.8) is 0 Å². The average Bonchev–Trinajstić information content (AvgIpc) is 2.30. The summed E-state index contributed by atoms with van der Waals surface area (Å²) in [7, 11) is 0. The molecule has 2 atom stereocenters. The normalized spacial score (nSPS) is 23.4. The molecule has 17 heavy (non-hydrogen) atoms. The summed E-state index contributed by atoms with van der Waals surface area (Å²) in [5.41, 5.74) is 0. The van der Waals surface area contributed by atoms with Crippen LogP contribution in [0, 0.1) is 5.92 Å². The van der Waals surface area contributed by atoms with E-state index in [4.69, 9.17) is 0 Å². The van der Waals surface area contributed by atoms with Gasteiger partial charge in [-0.2, -0.15) is 0 Å². The van der Waals surface area contributed by atoms with Crippen molar-refractivity contribution >= 4 is 5.91 Å². The molecule has 0 aromatic carbocycles. The molecule has 2 N–H and O–H groups in total. The van der Waals surface area contributed by atoms with Crippen molar-refractivity contribution in [2.24, 2.45) is 5.92 Å². The van der Waals surface area contributed by atoms with Crippen LogP contribution >= 0.6 is 0 Å². The Morgan fingerprint density at radius 1 is 1.53 bits per heavy atom. The first-order valence-corrected chi connectivity index (χ1v) is 6.91. The van der Waals surface area contributed by atoms with Gasteiger partial charge in [-0.25, -0.2) is 0 Å². The van der Waals surface area contributed by atoms with Crippen molar-refractivity contribution in [3.05, 3.63) is 0 Å². The van der Waals surface area contributed by atoms with Gasteiger partial charge in [-0.1, -0.05) is 20.3 Å². The van der Waals surface area contributed by atoms with Gasteiger partial charge < -0.3 is 10.6 Å². The summed E-state index contributed by atoms with van der Waals surface area (Å²) in [6.07, 6.45) is 2.46. The van der Waals surface area contributed by atoms with Crippen molar-refractivity contribution in [2.45, 2.75) is 39.7 Å². The van der Waals surface area contributed by atoms with Crippen LogP contribution in [0.3, 0.4) is 0 Å². The minimum absolute atomic E-state index is 0.0167. The third kappa shape index (κ3) is 4.64. The van der Waals surface area contributed by atoms with Crippen molar-refractivity contribution in [3.8, 4) is 0 Å². The number of piperazine rings is 1. The summed E-state index contributed by atoms with van der Waals surface area (Å²) in [6.45, 7) is 11.0. The second kappa shape index (κ2) is 7.67. The third-order valence-electron chi connectivity index (χ3n) is 3.34. The zero-order valence-electron chi connectivity index (χ0n) is 11.5. The maximum absolute atomic E-state index is 12.0. The number of likely N-dealkylation sites (N-methyl/N-ethyl adjacent to an activating group) is 1. The van der Waals surface area contributed by atoms with Crippen molar-refractivity contribution in [1.82, 2.24) is 15.5 Å². The topological polar surface area (TPSA) is 44.4 Å². The first kappa shape index (κ1) is 14.5. The first-order valence-electron chi connectivity index (χ1n) is 6.91. The summed E-state index contributed by atoms with van der Waals surface area (Å²) in [4.78, 5) is 14.3. The predicted octanol–water partition coefficient (Wildman–Crippen LogP) is 0.833. The zero-order chi connectivity index (χ0) is 12.7. The molecule has 1 saturated heterocycles. The zero-order valence-corrected chi connectivity index (χ0v) is 11.5. The van der Waals surface area contributed by atoms with E-state index in [2.05, 4.69) is 29.4 Å². The van der Waals surface area contributed by atoms with Gasteiger partial charge in [0, 0.05) is 32.7 Å². The van der Waals surface area contributed by atoms with E-state index in [-0.39, 0.29) is 11.9 Å². The highest BCUT2D eigenvalue weighted by atomic mass is 16.2. The van der Waals surface area contributed by atoms with E-state index < -0.39 is 0 Å². The highest BCUT2D eigenvalue weighted by molar-refractivity contribution is 5.82. The maximum Gasteiger partial charge on any atom is 0.238 e. The standard InChI is InChI=1S/C13H27N3O/c1-4-6-11(3)10-16-8-7-14-9-12(16)13(17)15-5-2/h11-12,14H,4-10H2,1-3H3,(H,15,17). The number of nitrogens with zero attached hydrogens (tertiary/aromatic N) is 1. The van der Waals surface area contributed by atoms with Gasteiger partial charge in [0.2, 0.25) is 5.91 Å². The fraction of sp³-hybridized carbons (Fsp3) is 0.923. The van der Waals surface area contributed by atoms with Crippen LogP contribution in [0.15, 0.2) is 0 Å². The minimum Gasteiger partial charge on any atom is -0.355 e. The lowest BCUT2D eigenvalue weighted by atomic mass is 10.0. The van der Waals surface area contributed by atoms with E-state index in [0.717, 1.165) is 26.2 Å². The molecule has 1 fully saturated rings. The van der Waals surface area contributed by atoms with Crippen LogP contribution in [-0.4, -0.2) is 49.6 Å². The highest BCUT2D eigenvalue weighted by Gasteiger charge is 2.28. The van der Waals surface area contributed by atoms with E-state index in [1.165, 1.54) is 12.8 Å². The fourth-order valence-corrected chi connectivity index (χ4v) is 2.50. The van der Waals surface area contributed by atoms with Crippen molar-refractivity contribution < 1.29 is 4.79 Å². The second-order valence-corrected chi connectivity index (χ2v) is 5.00. The highest BCUT2D eigenvalue weighted by Crippen LogP contribution is 2.11. The summed E-state index contributed by atoms with van der Waals surface area (Å²) in [6, 6.07) is 0.0167. The molecule has 1 rings (SSSR count). The summed E-state index contributed by atoms with van der Waals surface area (Å²) < 4.78 is 0. The van der Waals surface area contributed by atoms with Crippen LogP contribution in [0.2, 0.25) is 0 Å². The van der Waals surface area contributed by atoms with Crippen molar-refractivity contribution in [1.29, 1.82) is 0 Å². The summed E-state index contributed by atoms with van der Waals surface area (Å²) in [5.74, 6) is 0.846. The van der Waals surface area contributed by atoms with Gasteiger partial charge >= 0.3 is 0 Å². The van der Waals surface area contributed by atoms with Crippen LogP contribution in [-0.2, 0) is 4.79 Å². The molecule has 1 amide bonds. The minimum atomic E-state index is 0.0167. The number of carbonyl (C=O) groups is 1. The van der Waals surface area contributed by atoms with E-state index >= 15 is 0 Å². The molecule has 0 bridgehead atoms. The number of nitrogens with one attached hydrogen (secondary N) is 2. The quantitative estimate of drug-likeness (QED) is 0.724. The third-order valence-corrected chi connectivity index (χ3v) is 3.34. The van der Waals surface area contributed by atoms with Crippen LogP contribution < -0.4 is 10.6 Å². The molecular formula is C13H27N3O. The van der Waals surface area contributed by atoms with Gasteiger partial charge in [-0.15, -0.1) is 0 Å². The molecular weight excluding hydrogens is 214 g/mol. The smallest absolute Gasteiger partial charge is 0.238 e. The fourth-order valence-electron chi connectivity index (χ4n) is 2.50. The Hall–Kier alpha value is -0.610. The van der Waals surface area contributed by atoms with Crippen LogP contribution in [0.5, 0.6) is 0 Å².